The van der Waals surface area contributed by atoms with Gasteiger partial charge in [-0.05, 0) is 31.2 Å². The first-order valence-corrected chi connectivity index (χ1v) is 6.42. The van der Waals surface area contributed by atoms with Crippen LogP contribution >= 0.6 is 0 Å². The van der Waals surface area contributed by atoms with Crippen LogP contribution < -0.4 is 10.1 Å². The summed E-state index contributed by atoms with van der Waals surface area (Å²) in [6.45, 7) is 1.56. The molecule has 0 atom stereocenters. The van der Waals surface area contributed by atoms with E-state index in [1.54, 1.807) is 6.92 Å². The number of aryl methyl sites for hydroxylation is 1. The lowest BCUT2D eigenvalue weighted by Gasteiger charge is -2.14. The number of amides is 1. The van der Waals surface area contributed by atoms with Crippen molar-refractivity contribution < 1.29 is 27.1 Å². The molecule has 0 aliphatic carbocycles. The fraction of sp³-hybridized carbons (Fsp3) is 0.200. The van der Waals surface area contributed by atoms with Crippen molar-refractivity contribution in [3.8, 4) is 5.88 Å². The third-order valence-corrected chi connectivity index (χ3v) is 3.05. The zero-order valence-corrected chi connectivity index (χ0v) is 12.2. The zero-order valence-electron chi connectivity index (χ0n) is 12.2. The Labute approximate surface area is 129 Å². The molecular formula is C15H12F4N2O2. The number of nitrogens with one attached hydrogen (secondary N) is 1. The molecule has 1 amide bonds. The van der Waals surface area contributed by atoms with Crippen LogP contribution in [0.25, 0.3) is 0 Å². The highest BCUT2D eigenvalue weighted by molar-refractivity contribution is 6.05. The summed E-state index contributed by atoms with van der Waals surface area (Å²) >= 11 is 0. The van der Waals surface area contributed by atoms with Gasteiger partial charge in [-0.3, -0.25) is 4.79 Å². The number of ether oxygens (including phenoxy) is 1. The Balaban J connectivity index is 2.35. The third kappa shape index (κ3) is 3.77. The quantitative estimate of drug-likeness (QED) is 0.872. The van der Waals surface area contributed by atoms with Gasteiger partial charge < -0.3 is 10.1 Å². The Kier molecular flexibility index (Phi) is 4.53. The molecule has 8 heteroatoms. The van der Waals surface area contributed by atoms with Gasteiger partial charge in [-0.1, -0.05) is 0 Å². The first kappa shape index (κ1) is 16.7. The molecule has 0 saturated heterocycles. The standard InChI is InChI=1S/C15H12F4N2O2/c1-8-12(5-6-13(20-8)23-2)21-14(22)10-4-3-9(16)7-11(10)15(17,18)19/h3-7H,1-2H3,(H,21,22). The summed E-state index contributed by atoms with van der Waals surface area (Å²) < 4.78 is 56.8. The molecule has 23 heavy (non-hydrogen) atoms. The van der Waals surface area contributed by atoms with Crippen molar-refractivity contribution in [2.45, 2.75) is 13.1 Å². The number of hydrogen-bond acceptors (Lipinski definition) is 3. The fourth-order valence-electron chi connectivity index (χ4n) is 1.92. The second-order valence-electron chi connectivity index (χ2n) is 4.63. The number of benzene rings is 1. The number of pyridine rings is 1. The zero-order chi connectivity index (χ0) is 17.2. The highest BCUT2D eigenvalue weighted by atomic mass is 19.4. The van der Waals surface area contributed by atoms with Gasteiger partial charge in [-0.15, -0.1) is 0 Å². The Morgan fingerprint density at radius 3 is 2.48 bits per heavy atom. The Hall–Kier alpha value is -2.64. The summed E-state index contributed by atoms with van der Waals surface area (Å²) in [5.41, 5.74) is -1.41. The molecule has 1 aromatic heterocycles. The maximum Gasteiger partial charge on any atom is 0.417 e. The molecule has 0 bridgehead atoms. The fourth-order valence-corrected chi connectivity index (χ4v) is 1.92. The van der Waals surface area contributed by atoms with Crippen molar-refractivity contribution in [2.75, 3.05) is 12.4 Å². The van der Waals surface area contributed by atoms with Gasteiger partial charge in [0.2, 0.25) is 5.88 Å². The van der Waals surface area contributed by atoms with E-state index >= 15 is 0 Å². The van der Waals surface area contributed by atoms with Crippen molar-refractivity contribution in [2.24, 2.45) is 0 Å². The lowest BCUT2D eigenvalue weighted by molar-refractivity contribution is -0.138. The van der Waals surface area contributed by atoms with Crippen molar-refractivity contribution in [3.63, 3.8) is 0 Å². The molecule has 4 nitrogen and oxygen atoms in total. The smallest absolute Gasteiger partial charge is 0.417 e. The SMILES string of the molecule is COc1ccc(NC(=O)c2ccc(F)cc2C(F)(F)F)c(C)n1. The van der Waals surface area contributed by atoms with Gasteiger partial charge in [0.15, 0.2) is 0 Å². The highest BCUT2D eigenvalue weighted by Gasteiger charge is 2.35. The van der Waals surface area contributed by atoms with Crippen LogP contribution in [0.15, 0.2) is 30.3 Å². The number of aromatic nitrogens is 1. The molecule has 0 aliphatic rings. The molecule has 2 aromatic rings. The molecule has 0 aliphatic heterocycles. The molecule has 0 saturated carbocycles. The van der Waals surface area contributed by atoms with E-state index in [0.29, 0.717) is 11.6 Å². The maximum absolute atomic E-state index is 13.1. The molecule has 0 unspecified atom stereocenters. The number of halogens is 4. The van der Waals surface area contributed by atoms with Crippen LogP contribution in [0.1, 0.15) is 21.6 Å². The van der Waals surface area contributed by atoms with Gasteiger partial charge in [0.05, 0.1) is 29.6 Å². The molecule has 0 radical (unpaired) electrons. The average molecular weight is 328 g/mol. The Bertz CT molecular complexity index is 745. The number of rotatable bonds is 3. The van der Waals surface area contributed by atoms with E-state index in [-0.39, 0.29) is 11.8 Å². The number of carbonyl (C=O) groups is 1. The highest BCUT2D eigenvalue weighted by Crippen LogP contribution is 2.33. The largest absolute Gasteiger partial charge is 0.481 e. The number of alkyl halides is 3. The van der Waals surface area contributed by atoms with Gasteiger partial charge >= 0.3 is 6.18 Å². The molecule has 1 aromatic carbocycles. The van der Waals surface area contributed by atoms with Crippen LogP contribution in [-0.4, -0.2) is 18.0 Å². The van der Waals surface area contributed by atoms with E-state index in [9.17, 15) is 22.4 Å². The summed E-state index contributed by atoms with van der Waals surface area (Å²) in [6, 6.07) is 4.78. The van der Waals surface area contributed by atoms with Crippen LogP contribution in [0.3, 0.4) is 0 Å². The van der Waals surface area contributed by atoms with Crippen LogP contribution in [0.5, 0.6) is 5.88 Å². The van der Waals surface area contributed by atoms with Crippen LogP contribution in [-0.2, 0) is 6.18 Å². The summed E-state index contributed by atoms with van der Waals surface area (Å²) in [5.74, 6) is -1.78. The molecular weight excluding hydrogens is 316 g/mol. The predicted octanol–water partition coefficient (Wildman–Crippen LogP) is 3.81. The second-order valence-corrected chi connectivity index (χ2v) is 4.63. The van der Waals surface area contributed by atoms with Crippen LogP contribution in [0.2, 0.25) is 0 Å². The summed E-state index contributed by atoms with van der Waals surface area (Å²) in [5, 5.41) is 2.33. The lowest BCUT2D eigenvalue weighted by Crippen LogP contribution is -2.19. The van der Waals surface area contributed by atoms with Gasteiger partial charge in [0, 0.05) is 6.07 Å². The molecule has 2 rings (SSSR count). The van der Waals surface area contributed by atoms with Gasteiger partial charge in [0.25, 0.3) is 5.91 Å². The van der Waals surface area contributed by atoms with Crippen molar-refractivity contribution >= 4 is 11.6 Å². The topological polar surface area (TPSA) is 51.2 Å². The Morgan fingerprint density at radius 1 is 1.22 bits per heavy atom. The third-order valence-electron chi connectivity index (χ3n) is 3.05. The molecule has 1 N–H and O–H groups in total. The summed E-state index contributed by atoms with van der Waals surface area (Å²) in [7, 11) is 1.41. The van der Waals surface area contributed by atoms with E-state index in [4.69, 9.17) is 4.74 Å². The van der Waals surface area contributed by atoms with Crippen LogP contribution in [0, 0.1) is 12.7 Å². The predicted molar refractivity (Wildman–Crippen MR) is 74.9 cm³/mol. The minimum atomic E-state index is -4.85. The lowest BCUT2D eigenvalue weighted by atomic mass is 10.1. The molecule has 1 heterocycles. The average Bonchev–Trinajstić information content (AvgIpc) is 2.48. The first-order valence-electron chi connectivity index (χ1n) is 6.42. The molecule has 0 spiro atoms. The minimum Gasteiger partial charge on any atom is -0.481 e. The normalized spacial score (nSPS) is 11.2. The first-order chi connectivity index (χ1) is 10.7. The number of anilines is 1. The monoisotopic (exact) mass is 328 g/mol. The van der Waals surface area contributed by atoms with Gasteiger partial charge in [-0.2, -0.15) is 13.2 Å². The van der Waals surface area contributed by atoms with E-state index < -0.39 is 29.0 Å². The molecule has 0 fully saturated rings. The maximum atomic E-state index is 13.1. The number of carbonyl (C=O) groups excluding carboxylic acids is 1. The summed E-state index contributed by atoms with van der Waals surface area (Å²) in [4.78, 5) is 16.1. The number of nitrogens with zero attached hydrogens (tertiary/aromatic N) is 1. The van der Waals surface area contributed by atoms with E-state index in [2.05, 4.69) is 10.3 Å². The van der Waals surface area contributed by atoms with Crippen LogP contribution in [0.4, 0.5) is 23.2 Å². The Morgan fingerprint density at radius 2 is 1.91 bits per heavy atom. The van der Waals surface area contributed by atoms with Gasteiger partial charge in [0.1, 0.15) is 5.82 Å². The van der Waals surface area contributed by atoms with E-state index in [1.807, 2.05) is 0 Å². The van der Waals surface area contributed by atoms with E-state index in [1.165, 1.54) is 19.2 Å². The van der Waals surface area contributed by atoms with Crippen molar-refractivity contribution in [1.82, 2.24) is 4.98 Å². The van der Waals surface area contributed by atoms with Crippen molar-refractivity contribution in [1.29, 1.82) is 0 Å². The number of methoxy groups -OCH3 is 1. The van der Waals surface area contributed by atoms with E-state index in [0.717, 1.165) is 12.1 Å². The minimum absolute atomic E-state index is 0.230. The summed E-state index contributed by atoms with van der Waals surface area (Å²) in [6.07, 6.45) is -4.85. The number of hydrogen-bond donors (Lipinski definition) is 1. The van der Waals surface area contributed by atoms with Gasteiger partial charge in [-0.25, -0.2) is 9.37 Å². The van der Waals surface area contributed by atoms with Crippen molar-refractivity contribution in [3.05, 3.63) is 53.0 Å². The second kappa shape index (κ2) is 6.23. The molecule has 122 valence electrons.